The second kappa shape index (κ2) is 7.05. The number of benzene rings is 3. The van der Waals surface area contributed by atoms with Crippen LogP contribution in [0.5, 0.6) is 5.75 Å². The third-order valence-electron chi connectivity index (χ3n) is 3.91. The second-order valence-electron chi connectivity index (χ2n) is 5.38. The summed E-state index contributed by atoms with van der Waals surface area (Å²) < 4.78 is 10.0. The monoisotopic (exact) mass is 335 g/mol. The lowest BCUT2D eigenvalue weighted by atomic mass is 10.0. The highest BCUT2D eigenvalue weighted by molar-refractivity contribution is 6.14. The number of hydrogen-bond acceptors (Lipinski definition) is 4. The number of nitrogens with one attached hydrogen (secondary N) is 1. The van der Waals surface area contributed by atoms with Crippen LogP contribution in [-0.2, 0) is 4.74 Å². The lowest BCUT2D eigenvalue weighted by molar-refractivity contribution is 0.0600. The average molecular weight is 335 g/mol. The fourth-order valence-corrected chi connectivity index (χ4v) is 2.65. The first-order chi connectivity index (χ1) is 12.1. The topological polar surface area (TPSA) is 64.6 Å². The summed E-state index contributed by atoms with van der Waals surface area (Å²) in [5.74, 6) is 0.0678. The van der Waals surface area contributed by atoms with Gasteiger partial charge >= 0.3 is 5.97 Å². The molecule has 3 rings (SSSR count). The minimum atomic E-state index is -0.418. The first-order valence-corrected chi connectivity index (χ1v) is 7.69. The van der Waals surface area contributed by atoms with Gasteiger partial charge in [0, 0.05) is 16.6 Å². The molecule has 0 radical (unpaired) electrons. The van der Waals surface area contributed by atoms with Crippen molar-refractivity contribution in [2.75, 3.05) is 19.5 Å². The summed E-state index contributed by atoms with van der Waals surface area (Å²) in [4.78, 5) is 24.1. The fraction of sp³-hybridized carbons (Fsp3) is 0.100. The fourth-order valence-electron chi connectivity index (χ4n) is 2.65. The number of esters is 1. The molecule has 0 aliphatic heterocycles. The van der Waals surface area contributed by atoms with Crippen molar-refractivity contribution in [2.24, 2.45) is 0 Å². The maximum absolute atomic E-state index is 12.7. The molecule has 0 aliphatic carbocycles. The maximum Gasteiger partial charge on any atom is 0.337 e. The number of carbonyl (C=O) groups is 2. The van der Waals surface area contributed by atoms with Gasteiger partial charge in [-0.1, -0.05) is 24.3 Å². The summed E-state index contributed by atoms with van der Waals surface area (Å²) in [5, 5.41) is 4.52. The number of methoxy groups -OCH3 is 2. The van der Waals surface area contributed by atoms with E-state index in [0.717, 1.165) is 16.5 Å². The maximum atomic E-state index is 12.7. The van der Waals surface area contributed by atoms with E-state index in [1.165, 1.54) is 7.11 Å². The first kappa shape index (κ1) is 16.5. The van der Waals surface area contributed by atoms with Crippen molar-refractivity contribution >= 4 is 28.3 Å². The minimum Gasteiger partial charge on any atom is -0.496 e. The van der Waals surface area contributed by atoms with Gasteiger partial charge in [0.2, 0.25) is 0 Å². The Hall–Kier alpha value is -3.34. The molecule has 0 aromatic heterocycles. The van der Waals surface area contributed by atoms with Crippen LogP contribution in [0.25, 0.3) is 10.8 Å². The van der Waals surface area contributed by atoms with Crippen molar-refractivity contribution < 1.29 is 19.1 Å². The zero-order valence-electron chi connectivity index (χ0n) is 13.9. The standard InChI is InChI=1S/C20H17NO4/c1-24-18-12-11-17(15-5-3-4-6-16(15)18)19(22)21-14-9-7-13(8-10-14)20(23)25-2/h3-12H,1-2H3,(H,21,22). The van der Waals surface area contributed by atoms with E-state index < -0.39 is 5.97 Å². The van der Waals surface area contributed by atoms with Gasteiger partial charge in [0.1, 0.15) is 5.75 Å². The highest BCUT2D eigenvalue weighted by Gasteiger charge is 2.13. The smallest absolute Gasteiger partial charge is 0.337 e. The van der Waals surface area contributed by atoms with Crippen molar-refractivity contribution in [1.82, 2.24) is 0 Å². The highest BCUT2D eigenvalue weighted by atomic mass is 16.5. The number of rotatable bonds is 4. The molecule has 0 heterocycles. The Balaban J connectivity index is 1.89. The molecule has 126 valence electrons. The minimum absolute atomic E-state index is 0.232. The molecular formula is C20H17NO4. The number of fused-ring (bicyclic) bond motifs is 1. The van der Waals surface area contributed by atoms with Crippen molar-refractivity contribution in [3.05, 3.63) is 71.8 Å². The van der Waals surface area contributed by atoms with Crippen molar-refractivity contribution in [3.63, 3.8) is 0 Å². The number of carbonyl (C=O) groups excluding carboxylic acids is 2. The third-order valence-corrected chi connectivity index (χ3v) is 3.91. The summed E-state index contributed by atoms with van der Waals surface area (Å²) >= 11 is 0. The van der Waals surface area contributed by atoms with Crippen LogP contribution >= 0.6 is 0 Å². The molecule has 0 atom stereocenters. The predicted octanol–water partition coefficient (Wildman–Crippen LogP) is 3.89. The van der Waals surface area contributed by atoms with Crippen LogP contribution in [0.3, 0.4) is 0 Å². The molecule has 5 heteroatoms. The SMILES string of the molecule is COC(=O)c1ccc(NC(=O)c2ccc(OC)c3ccccc23)cc1. The van der Waals surface area contributed by atoms with Crippen LogP contribution in [0.4, 0.5) is 5.69 Å². The van der Waals surface area contributed by atoms with Gasteiger partial charge in [-0.25, -0.2) is 4.79 Å². The van der Waals surface area contributed by atoms with Gasteiger partial charge in [0.05, 0.1) is 19.8 Å². The number of ether oxygens (including phenoxy) is 2. The Bertz CT molecular complexity index is 932. The lowest BCUT2D eigenvalue weighted by Crippen LogP contribution is -2.12. The Morgan fingerprint density at radius 3 is 2.16 bits per heavy atom. The van der Waals surface area contributed by atoms with Gasteiger partial charge in [0.15, 0.2) is 0 Å². The molecule has 0 saturated heterocycles. The van der Waals surface area contributed by atoms with Crippen molar-refractivity contribution in [1.29, 1.82) is 0 Å². The van der Waals surface area contributed by atoms with Crippen LogP contribution in [-0.4, -0.2) is 26.1 Å². The summed E-state index contributed by atoms with van der Waals surface area (Å²) in [6, 6.07) is 17.6. The molecule has 5 nitrogen and oxygen atoms in total. The van der Waals surface area contributed by atoms with Crippen molar-refractivity contribution in [3.8, 4) is 5.75 Å². The van der Waals surface area contributed by atoms with Gasteiger partial charge in [-0.3, -0.25) is 4.79 Å². The molecule has 0 bridgehead atoms. The van der Waals surface area contributed by atoms with Crippen LogP contribution in [0.2, 0.25) is 0 Å². The average Bonchev–Trinajstić information content (AvgIpc) is 2.67. The molecule has 1 N–H and O–H groups in total. The molecule has 0 unspecified atom stereocenters. The normalized spacial score (nSPS) is 10.3. The lowest BCUT2D eigenvalue weighted by Gasteiger charge is -2.11. The highest BCUT2D eigenvalue weighted by Crippen LogP contribution is 2.28. The predicted molar refractivity (Wildman–Crippen MR) is 96.2 cm³/mol. The van der Waals surface area contributed by atoms with E-state index in [2.05, 4.69) is 10.1 Å². The number of anilines is 1. The van der Waals surface area contributed by atoms with Gasteiger partial charge in [0.25, 0.3) is 5.91 Å². The number of amides is 1. The Morgan fingerprint density at radius 2 is 1.52 bits per heavy atom. The first-order valence-electron chi connectivity index (χ1n) is 7.69. The third kappa shape index (κ3) is 3.30. The van der Waals surface area contributed by atoms with E-state index in [1.807, 2.05) is 24.3 Å². The second-order valence-corrected chi connectivity index (χ2v) is 5.38. The van der Waals surface area contributed by atoms with E-state index in [1.54, 1.807) is 43.5 Å². The van der Waals surface area contributed by atoms with E-state index >= 15 is 0 Å². The molecule has 0 aliphatic rings. The van der Waals surface area contributed by atoms with Crippen LogP contribution in [0.1, 0.15) is 20.7 Å². The Morgan fingerprint density at radius 1 is 0.840 bits per heavy atom. The molecule has 0 saturated carbocycles. The molecule has 25 heavy (non-hydrogen) atoms. The molecular weight excluding hydrogens is 318 g/mol. The van der Waals surface area contributed by atoms with Crippen molar-refractivity contribution in [2.45, 2.75) is 0 Å². The van der Waals surface area contributed by atoms with E-state index in [4.69, 9.17) is 4.74 Å². The molecule has 3 aromatic carbocycles. The van der Waals surface area contributed by atoms with E-state index in [9.17, 15) is 9.59 Å². The summed E-state index contributed by atoms with van der Waals surface area (Å²) in [6.07, 6.45) is 0. The molecule has 1 amide bonds. The zero-order valence-corrected chi connectivity index (χ0v) is 13.9. The molecule has 0 fully saturated rings. The summed E-state index contributed by atoms with van der Waals surface area (Å²) in [5.41, 5.74) is 1.57. The zero-order chi connectivity index (χ0) is 17.8. The summed E-state index contributed by atoms with van der Waals surface area (Å²) in [7, 11) is 2.93. The molecule has 3 aromatic rings. The van der Waals surface area contributed by atoms with Gasteiger partial charge in [-0.05, 0) is 41.8 Å². The van der Waals surface area contributed by atoms with Crippen LogP contribution in [0, 0.1) is 0 Å². The number of hydrogen-bond donors (Lipinski definition) is 1. The summed E-state index contributed by atoms with van der Waals surface area (Å²) in [6.45, 7) is 0. The van der Waals surface area contributed by atoms with Gasteiger partial charge < -0.3 is 14.8 Å². The van der Waals surface area contributed by atoms with Crippen LogP contribution in [0.15, 0.2) is 60.7 Å². The van der Waals surface area contributed by atoms with Crippen LogP contribution < -0.4 is 10.1 Å². The quantitative estimate of drug-likeness (QED) is 0.735. The van der Waals surface area contributed by atoms with E-state index in [0.29, 0.717) is 16.8 Å². The largest absolute Gasteiger partial charge is 0.496 e. The molecule has 0 spiro atoms. The van der Waals surface area contributed by atoms with Gasteiger partial charge in [-0.15, -0.1) is 0 Å². The Kier molecular flexibility index (Phi) is 4.66. The van der Waals surface area contributed by atoms with E-state index in [-0.39, 0.29) is 5.91 Å². The Labute approximate surface area is 145 Å². The van der Waals surface area contributed by atoms with Gasteiger partial charge in [-0.2, -0.15) is 0 Å².